The maximum absolute atomic E-state index is 11.9. The van der Waals surface area contributed by atoms with Crippen LogP contribution in [0.3, 0.4) is 0 Å². The van der Waals surface area contributed by atoms with E-state index >= 15 is 0 Å². The molecule has 0 aliphatic carbocycles. The lowest BCUT2D eigenvalue weighted by atomic mass is 10.3. The Hall–Kier alpha value is -1.44. The maximum atomic E-state index is 11.9. The molecule has 1 heterocycles. The lowest BCUT2D eigenvalue weighted by Crippen LogP contribution is -2.24. The third-order valence-electron chi connectivity index (χ3n) is 2.66. The van der Waals surface area contributed by atoms with Crippen molar-refractivity contribution in [2.45, 2.75) is 24.8 Å². The van der Waals surface area contributed by atoms with Gasteiger partial charge in [0.15, 0.2) is 0 Å². The molecular weight excluding hydrogens is 294 g/mol. The Morgan fingerprint density at radius 2 is 2.00 bits per heavy atom. The summed E-state index contributed by atoms with van der Waals surface area (Å²) in [5, 5.41) is 5.17. The van der Waals surface area contributed by atoms with E-state index < -0.39 is 10.0 Å². The monoisotopic (exact) mass is 311 g/mol. The molecule has 1 aromatic heterocycles. The van der Waals surface area contributed by atoms with Crippen LogP contribution in [0.25, 0.3) is 0 Å². The predicted molar refractivity (Wildman–Crippen MR) is 81.4 cm³/mol. The predicted octanol–water partition coefficient (Wildman–Crippen LogP) is 2.44. The molecule has 0 saturated heterocycles. The molecule has 0 radical (unpaired) electrons. The first-order chi connectivity index (χ1) is 9.62. The number of nitrogens with one attached hydrogen (secondary N) is 2. The highest BCUT2D eigenvalue weighted by Gasteiger charge is 2.12. The maximum Gasteiger partial charge on any atom is 0.240 e. The molecule has 0 fully saturated rings. The van der Waals surface area contributed by atoms with Gasteiger partial charge >= 0.3 is 0 Å². The third-order valence-corrected chi connectivity index (χ3v) is 4.78. The summed E-state index contributed by atoms with van der Waals surface area (Å²) < 4.78 is 26.4. The van der Waals surface area contributed by atoms with Crippen LogP contribution in [0.4, 0.5) is 5.69 Å². The SMILES string of the molecule is CCCNS(=O)(=O)c1ccc(NCc2cscn2)cc1. The summed E-state index contributed by atoms with van der Waals surface area (Å²) in [5.74, 6) is 0. The minimum absolute atomic E-state index is 0.283. The van der Waals surface area contributed by atoms with Gasteiger partial charge in [0.25, 0.3) is 0 Å². The van der Waals surface area contributed by atoms with E-state index in [1.807, 2.05) is 12.3 Å². The molecule has 108 valence electrons. The molecule has 1 aromatic carbocycles. The van der Waals surface area contributed by atoms with Crippen LogP contribution >= 0.6 is 11.3 Å². The smallest absolute Gasteiger partial charge is 0.240 e. The molecule has 0 aliphatic heterocycles. The lowest BCUT2D eigenvalue weighted by molar-refractivity contribution is 0.581. The van der Waals surface area contributed by atoms with Crippen LogP contribution in [0, 0.1) is 0 Å². The summed E-state index contributed by atoms with van der Waals surface area (Å²) in [5.41, 5.74) is 3.62. The van der Waals surface area contributed by atoms with Gasteiger partial charge in [-0.05, 0) is 30.7 Å². The van der Waals surface area contributed by atoms with Crippen molar-refractivity contribution in [2.75, 3.05) is 11.9 Å². The van der Waals surface area contributed by atoms with Crippen molar-refractivity contribution in [3.63, 3.8) is 0 Å². The van der Waals surface area contributed by atoms with Crippen molar-refractivity contribution < 1.29 is 8.42 Å². The number of anilines is 1. The largest absolute Gasteiger partial charge is 0.379 e. The van der Waals surface area contributed by atoms with Crippen molar-refractivity contribution in [3.05, 3.63) is 40.8 Å². The molecular formula is C13H17N3O2S2. The van der Waals surface area contributed by atoms with Gasteiger partial charge in [-0.25, -0.2) is 18.1 Å². The van der Waals surface area contributed by atoms with Gasteiger partial charge in [0.2, 0.25) is 10.0 Å². The first kappa shape index (κ1) is 15.0. The first-order valence-electron chi connectivity index (χ1n) is 6.32. The van der Waals surface area contributed by atoms with Gasteiger partial charge < -0.3 is 5.32 Å². The van der Waals surface area contributed by atoms with Crippen LogP contribution in [0.2, 0.25) is 0 Å². The molecule has 0 amide bonds. The Bertz CT molecular complexity index is 622. The van der Waals surface area contributed by atoms with E-state index in [0.29, 0.717) is 13.1 Å². The van der Waals surface area contributed by atoms with Crippen molar-refractivity contribution in [2.24, 2.45) is 0 Å². The number of hydrogen-bond acceptors (Lipinski definition) is 5. The fraction of sp³-hybridized carbons (Fsp3) is 0.308. The molecule has 2 rings (SSSR count). The average molecular weight is 311 g/mol. The number of hydrogen-bond donors (Lipinski definition) is 2. The fourth-order valence-corrected chi connectivity index (χ4v) is 3.28. The zero-order chi connectivity index (χ0) is 14.4. The summed E-state index contributed by atoms with van der Waals surface area (Å²) >= 11 is 1.55. The molecule has 7 heteroatoms. The first-order valence-corrected chi connectivity index (χ1v) is 8.75. The van der Waals surface area contributed by atoms with Gasteiger partial charge in [0.1, 0.15) is 0 Å². The molecule has 0 unspecified atom stereocenters. The van der Waals surface area contributed by atoms with Crippen molar-refractivity contribution in [1.82, 2.24) is 9.71 Å². The molecule has 0 bridgehead atoms. The summed E-state index contributed by atoms with van der Waals surface area (Å²) in [6, 6.07) is 6.71. The zero-order valence-electron chi connectivity index (χ0n) is 11.2. The Morgan fingerprint density at radius 3 is 2.60 bits per heavy atom. The molecule has 0 atom stereocenters. The van der Waals surface area contributed by atoms with Crippen LogP contribution < -0.4 is 10.0 Å². The van der Waals surface area contributed by atoms with Crippen molar-refractivity contribution >= 4 is 27.0 Å². The molecule has 0 aliphatic rings. The summed E-state index contributed by atoms with van der Waals surface area (Å²) in [4.78, 5) is 4.45. The normalized spacial score (nSPS) is 11.4. The highest BCUT2D eigenvalue weighted by atomic mass is 32.2. The average Bonchev–Trinajstić information content (AvgIpc) is 2.97. The molecule has 20 heavy (non-hydrogen) atoms. The van der Waals surface area contributed by atoms with Crippen LogP contribution in [-0.2, 0) is 16.6 Å². The van der Waals surface area contributed by atoms with Gasteiger partial charge in [-0.2, -0.15) is 0 Å². The van der Waals surface area contributed by atoms with E-state index in [9.17, 15) is 8.42 Å². The standard InChI is InChI=1S/C13H17N3O2S2/c1-2-7-16-20(17,18)13-5-3-11(4-6-13)14-8-12-9-19-10-15-12/h3-6,9-10,14,16H,2,7-8H2,1H3. The van der Waals surface area contributed by atoms with Crippen molar-refractivity contribution in [3.8, 4) is 0 Å². The number of benzene rings is 1. The van der Waals surface area contributed by atoms with Crippen LogP contribution in [0.5, 0.6) is 0 Å². The Morgan fingerprint density at radius 1 is 1.25 bits per heavy atom. The van der Waals surface area contributed by atoms with E-state index in [1.165, 1.54) is 0 Å². The quantitative estimate of drug-likeness (QED) is 0.824. The highest BCUT2D eigenvalue weighted by Crippen LogP contribution is 2.15. The summed E-state index contributed by atoms with van der Waals surface area (Å²) in [6.45, 7) is 3.00. The van der Waals surface area contributed by atoms with Gasteiger partial charge in [-0.3, -0.25) is 0 Å². The van der Waals surface area contributed by atoms with Gasteiger partial charge in [0, 0.05) is 17.6 Å². The number of thiazole rings is 1. The van der Waals surface area contributed by atoms with E-state index in [-0.39, 0.29) is 4.90 Å². The van der Waals surface area contributed by atoms with Gasteiger partial charge in [-0.1, -0.05) is 6.92 Å². The molecule has 5 nitrogen and oxygen atoms in total. The Labute approximate surface area is 123 Å². The van der Waals surface area contributed by atoms with Gasteiger partial charge in [0.05, 0.1) is 22.6 Å². The van der Waals surface area contributed by atoms with Gasteiger partial charge in [-0.15, -0.1) is 11.3 Å². The molecule has 2 aromatic rings. The van der Waals surface area contributed by atoms with Crippen LogP contribution in [0.15, 0.2) is 40.1 Å². The van der Waals surface area contributed by atoms with Crippen LogP contribution in [0.1, 0.15) is 19.0 Å². The number of nitrogens with zero attached hydrogens (tertiary/aromatic N) is 1. The molecule has 0 spiro atoms. The second kappa shape index (κ2) is 6.83. The molecule has 2 N–H and O–H groups in total. The molecule has 0 saturated carbocycles. The third kappa shape index (κ3) is 4.03. The highest BCUT2D eigenvalue weighted by molar-refractivity contribution is 7.89. The Balaban J connectivity index is 1.99. The van der Waals surface area contributed by atoms with E-state index in [0.717, 1.165) is 17.8 Å². The summed E-state index contributed by atoms with van der Waals surface area (Å²) in [7, 11) is -3.39. The Kier molecular flexibility index (Phi) is 5.11. The minimum atomic E-state index is -3.39. The van der Waals surface area contributed by atoms with E-state index in [1.54, 1.807) is 41.1 Å². The number of sulfonamides is 1. The lowest BCUT2D eigenvalue weighted by Gasteiger charge is -2.08. The van der Waals surface area contributed by atoms with Crippen LogP contribution in [-0.4, -0.2) is 19.9 Å². The minimum Gasteiger partial charge on any atom is -0.379 e. The number of rotatable bonds is 7. The summed E-state index contributed by atoms with van der Waals surface area (Å²) in [6.07, 6.45) is 0.770. The topological polar surface area (TPSA) is 71.1 Å². The van der Waals surface area contributed by atoms with E-state index in [4.69, 9.17) is 0 Å². The van der Waals surface area contributed by atoms with Crippen molar-refractivity contribution in [1.29, 1.82) is 0 Å². The zero-order valence-corrected chi connectivity index (χ0v) is 12.8. The van der Waals surface area contributed by atoms with E-state index in [2.05, 4.69) is 15.0 Å². The second-order valence-corrected chi connectivity index (χ2v) is 6.74. The fourth-order valence-electron chi connectivity index (χ4n) is 1.59. The second-order valence-electron chi connectivity index (χ2n) is 4.26. The number of aromatic nitrogens is 1.